The van der Waals surface area contributed by atoms with Crippen LogP contribution in [0.2, 0.25) is 5.02 Å². The number of hydrogen-bond donors (Lipinski definition) is 1. The molecule has 0 bridgehead atoms. The molecule has 6 heteroatoms. The Balaban J connectivity index is 1.80. The Morgan fingerprint density at radius 2 is 1.81 bits per heavy atom. The number of Topliss-reactive ketones (excluding diaryl/α,β-unsaturated/α-hetero) is 1. The highest BCUT2D eigenvalue weighted by atomic mass is 35.5. The van der Waals surface area contributed by atoms with Crippen LogP contribution in [-0.2, 0) is 4.79 Å². The van der Waals surface area contributed by atoms with E-state index in [0.717, 1.165) is 22.2 Å². The molecule has 2 aromatic heterocycles. The number of aryl methyl sites for hydroxylation is 2. The normalized spacial score (nSPS) is 10.8. The Morgan fingerprint density at radius 1 is 1.00 bits per heavy atom. The minimum atomic E-state index is -0.696. The second-order valence-corrected chi connectivity index (χ2v) is 7.76. The lowest BCUT2D eigenvalue weighted by molar-refractivity contribution is -0.112. The van der Waals surface area contributed by atoms with Gasteiger partial charge >= 0.3 is 0 Å². The van der Waals surface area contributed by atoms with Crippen molar-refractivity contribution in [2.75, 3.05) is 12.4 Å². The number of benzene rings is 2. The van der Waals surface area contributed by atoms with Crippen molar-refractivity contribution in [3.8, 4) is 16.9 Å². The van der Waals surface area contributed by atoms with E-state index in [9.17, 15) is 9.59 Å². The number of rotatable bonds is 5. The van der Waals surface area contributed by atoms with Crippen molar-refractivity contribution >= 4 is 34.5 Å². The van der Waals surface area contributed by atoms with Crippen LogP contribution < -0.4 is 10.1 Å². The molecule has 5 nitrogen and oxygen atoms in total. The molecule has 1 N–H and O–H groups in total. The summed E-state index contributed by atoms with van der Waals surface area (Å²) in [5.74, 6) is -0.790. The third-order valence-corrected chi connectivity index (χ3v) is 5.50. The molecular weight excluding hydrogens is 412 g/mol. The molecular formula is C25H21ClN2O3. The molecule has 31 heavy (non-hydrogen) atoms. The van der Waals surface area contributed by atoms with Gasteiger partial charge in [0.05, 0.1) is 12.1 Å². The van der Waals surface area contributed by atoms with E-state index in [0.29, 0.717) is 22.0 Å². The molecule has 0 aliphatic rings. The van der Waals surface area contributed by atoms with E-state index in [1.807, 2.05) is 62.4 Å². The summed E-state index contributed by atoms with van der Waals surface area (Å²) in [6.07, 6.45) is 1.77. The molecule has 2 aromatic carbocycles. The summed E-state index contributed by atoms with van der Waals surface area (Å²) in [5.41, 5.74) is 4.92. The smallest absolute Gasteiger partial charge is 0.298 e. The van der Waals surface area contributed by atoms with Crippen LogP contribution in [0.5, 0.6) is 5.75 Å². The number of hydrogen-bond acceptors (Lipinski definition) is 3. The van der Waals surface area contributed by atoms with Crippen LogP contribution in [0.3, 0.4) is 0 Å². The van der Waals surface area contributed by atoms with Crippen molar-refractivity contribution < 1.29 is 14.3 Å². The van der Waals surface area contributed by atoms with Crippen LogP contribution in [0.15, 0.2) is 66.9 Å². The molecule has 2 heterocycles. The molecule has 0 fully saturated rings. The summed E-state index contributed by atoms with van der Waals surface area (Å²) in [6.45, 7) is 3.82. The van der Waals surface area contributed by atoms with Gasteiger partial charge in [0.25, 0.3) is 11.7 Å². The Bertz CT molecular complexity index is 1320. The molecule has 0 atom stereocenters. The van der Waals surface area contributed by atoms with Crippen molar-refractivity contribution in [3.63, 3.8) is 0 Å². The maximum Gasteiger partial charge on any atom is 0.298 e. The lowest BCUT2D eigenvalue weighted by Gasteiger charge is -2.11. The predicted octanol–water partition coefficient (Wildman–Crippen LogP) is 5.71. The van der Waals surface area contributed by atoms with E-state index >= 15 is 0 Å². The van der Waals surface area contributed by atoms with Crippen molar-refractivity contribution in [3.05, 3.63) is 88.7 Å². The van der Waals surface area contributed by atoms with Crippen LogP contribution in [-0.4, -0.2) is 23.2 Å². The van der Waals surface area contributed by atoms with Crippen LogP contribution in [0.1, 0.15) is 21.6 Å². The van der Waals surface area contributed by atoms with E-state index < -0.39 is 11.7 Å². The van der Waals surface area contributed by atoms with Crippen molar-refractivity contribution in [2.45, 2.75) is 13.8 Å². The van der Waals surface area contributed by atoms with Crippen molar-refractivity contribution in [1.29, 1.82) is 0 Å². The van der Waals surface area contributed by atoms with Crippen LogP contribution >= 0.6 is 11.6 Å². The molecule has 156 valence electrons. The molecule has 0 spiro atoms. The van der Waals surface area contributed by atoms with E-state index in [4.69, 9.17) is 16.3 Å². The molecule has 4 aromatic rings. The molecule has 0 radical (unpaired) electrons. The lowest BCUT2D eigenvalue weighted by Crippen LogP contribution is -2.25. The number of carbonyl (C=O) groups is 2. The fourth-order valence-corrected chi connectivity index (χ4v) is 3.82. The zero-order valence-corrected chi connectivity index (χ0v) is 18.2. The van der Waals surface area contributed by atoms with E-state index in [-0.39, 0.29) is 5.69 Å². The van der Waals surface area contributed by atoms with E-state index in [2.05, 4.69) is 5.32 Å². The lowest BCUT2D eigenvalue weighted by atomic mass is 10.0. The first-order valence-electron chi connectivity index (χ1n) is 9.76. The van der Waals surface area contributed by atoms with Crippen LogP contribution in [0, 0.1) is 13.8 Å². The van der Waals surface area contributed by atoms with Gasteiger partial charge in [0.15, 0.2) is 0 Å². The Kier molecular flexibility index (Phi) is 5.53. The summed E-state index contributed by atoms with van der Waals surface area (Å²) >= 11 is 6.32. The average Bonchev–Trinajstić information content (AvgIpc) is 3.15. The first-order valence-corrected chi connectivity index (χ1v) is 10.1. The van der Waals surface area contributed by atoms with Crippen LogP contribution in [0.4, 0.5) is 5.69 Å². The highest BCUT2D eigenvalue weighted by Crippen LogP contribution is 2.34. The second kappa shape index (κ2) is 8.28. The fourth-order valence-electron chi connectivity index (χ4n) is 3.57. The first-order chi connectivity index (χ1) is 14.9. The fraction of sp³-hybridized carbons (Fsp3) is 0.120. The van der Waals surface area contributed by atoms with E-state index in [1.165, 1.54) is 0 Å². The van der Waals surface area contributed by atoms with Gasteiger partial charge in [-0.15, -0.1) is 0 Å². The van der Waals surface area contributed by atoms with Gasteiger partial charge in [-0.05, 0) is 66.9 Å². The van der Waals surface area contributed by atoms with Gasteiger partial charge in [0.1, 0.15) is 11.4 Å². The Morgan fingerprint density at radius 3 is 2.55 bits per heavy atom. The number of carbonyl (C=O) groups excluding carboxylic acids is 2. The van der Waals surface area contributed by atoms with Gasteiger partial charge in [-0.1, -0.05) is 35.9 Å². The van der Waals surface area contributed by atoms with Gasteiger partial charge < -0.3 is 14.5 Å². The molecule has 0 aliphatic heterocycles. The molecule has 1 amide bonds. The number of fused-ring (bicyclic) bond motifs is 1. The maximum absolute atomic E-state index is 13.3. The number of ketones is 1. The average molecular weight is 433 g/mol. The predicted molar refractivity (Wildman–Crippen MR) is 123 cm³/mol. The maximum atomic E-state index is 13.3. The quantitative estimate of drug-likeness (QED) is 0.324. The van der Waals surface area contributed by atoms with Gasteiger partial charge in [-0.3, -0.25) is 9.59 Å². The Hall–Kier alpha value is -3.57. The monoisotopic (exact) mass is 432 g/mol. The van der Waals surface area contributed by atoms with Gasteiger partial charge in [-0.2, -0.15) is 0 Å². The number of nitrogens with one attached hydrogen (secondary N) is 1. The van der Waals surface area contributed by atoms with E-state index in [1.54, 1.807) is 29.8 Å². The zero-order chi connectivity index (χ0) is 22.1. The molecule has 0 saturated heterocycles. The second-order valence-electron chi connectivity index (χ2n) is 7.35. The minimum absolute atomic E-state index is 0.277. The third-order valence-electron chi connectivity index (χ3n) is 5.21. The molecule has 0 unspecified atom stereocenters. The van der Waals surface area contributed by atoms with Gasteiger partial charge in [0.2, 0.25) is 0 Å². The highest BCUT2D eigenvalue weighted by Gasteiger charge is 2.25. The summed E-state index contributed by atoms with van der Waals surface area (Å²) < 4.78 is 6.95. The number of methoxy groups -OCH3 is 1. The summed E-state index contributed by atoms with van der Waals surface area (Å²) in [7, 11) is 1.54. The topological polar surface area (TPSA) is 59.8 Å². The Labute approximate surface area is 185 Å². The number of aromatic nitrogens is 1. The summed E-state index contributed by atoms with van der Waals surface area (Å²) in [4.78, 5) is 26.3. The number of amides is 1. The standard InChI is InChI=1S/C25H21ClN2O3/c1-15-7-8-16(2)21(12-15)27-25(30)24(29)23-19(14-18-6-4-5-11-28(18)23)17-9-10-22(31-3)20(26)13-17/h4-14H,1-3H3,(H,27,30). The van der Waals surface area contributed by atoms with Gasteiger partial charge in [-0.25, -0.2) is 0 Å². The largest absolute Gasteiger partial charge is 0.495 e. The molecule has 4 rings (SSSR count). The number of halogens is 1. The number of pyridine rings is 1. The first kappa shape index (κ1) is 20.7. The minimum Gasteiger partial charge on any atom is -0.495 e. The summed E-state index contributed by atoms with van der Waals surface area (Å²) in [5, 5.41) is 3.19. The zero-order valence-electron chi connectivity index (χ0n) is 17.4. The summed E-state index contributed by atoms with van der Waals surface area (Å²) in [6, 6.07) is 18.5. The molecule has 0 saturated carbocycles. The molecule has 0 aliphatic carbocycles. The number of nitrogens with zero attached hydrogens (tertiary/aromatic N) is 1. The van der Waals surface area contributed by atoms with Crippen molar-refractivity contribution in [1.82, 2.24) is 4.40 Å². The van der Waals surface area contributed by atoms with Gasteiger partial charge in [0, 0.05) is 23.0 Å². The van der Waals surface area contributed by atoms with Crippen molar-refractivity contribution in [2.24, 2.45) is 0 Å². The number of anilines is 1. The number of ether oxygens (including phenoxy) is 1. The SMILES string of the molecule is COc1ccc(-c2cc3ccccn3c2C(=O)C(=O)Nc2cc(C)ccc2C)cc1Cl. The van der Waals surface area contributed by atoms with Crippen LogP contribution in [0.25, 0.3) is 16.6 Å². The highest BCUT2D eigenvalue weighted by molar-refractivity contribution is 6.47. The third kappa shape index (κ3) is 3.92.